The molecule has 1 aromatic carbocycles. The molecule has 0 unspecified atom stereocenters. The summed E-state index contributed by atoms with van der Waals surface area (Å²) >= 11 is 0. The highest BCUT2D eigenvalue weighted by molar-refractivity contribution is 5.74. The number of ether oxygens (including phenoxy) is 1. The van der Waals surface area contributed by atoms with Crippen LogP contribution >= 0.6 is 0 Å². The number of benzene rings is 1. The highest BCUT2D eigenvalue weighted by Crippen LogP contribution is 2.49. The second kappa shape index (κ2) is 5.72. The second-order valence-corrected chi connectivity index (χ2v) is 5.27. The molecule has 0 amide bonds. The van der Waals surface area contributed by atoms with Crippen LogP contribution in [0, 0.1) is 11.8 Å². The molecule has 0 aliphatic heterocycles. The Morgan fingerprint density at radius 2 is 2.05 bits per heavy atom. The van der Waals surface area contributed by atoms with E-state index in [9.17, 15) is 4.79 Å². The van der Waals surface area contributed by atoms with Gasteiger partial charge in [0, 0.05) is 0 Å². The molecule has 1 aliphatic rings. The number of esters is 1. The number of rotatable bonds is 3. The summed E-state index contributed by atoms with van der Waals surface area (Å²) in [7, 11) is 0. The minimum Gasteiger partial charge on any atom is -0.466 e. The van der Waals surface area contributed by atoms with E-state index in [2.05, 4.69) is 0 Å². The van der Waals surface area contributed by atoms with Crippen molar-refractivity contribution in [2.24, 2.45) is 11.8 Å². The number of carbonyl (C=O) groups is 1. The third-order valence-corrected chi connectivity index (χ3v) is 4.14. The van der Waals surface area contributed by atoms with Crippen molar-refractivity contribution in [3.63, 3.8) is 0 Å². The molecule has 0 bridgehead atoms. The molecule has 0 N–H and O–H groups in total. The fourth-order valence-corrected chi connectivity index (χ4v) is 3.10. The van der Waals surface area contributed by atoms with Crippen molar-refractivity contribution in [1.82, 2.24) is 0 Å². The van der Waals surface area contributed by atoms with Gasteiger partial charge in [0.1, 0.15) is 0 Å². The van der Waals surface area contributed by atoms with Crippen molar-refractivity contribution in [3.05, 3.63) is 35.9 Å². The third kappa shape index (κ3) is 2.51. The Bertz CT molecular complexity index is 432. The van der Waals surface area contributed by atoms with E-state index in [1.807, 2.05) is 25.1 Å². The van der Waals surface area contributed by atoms with Crippen LogP contribution in [0.3, 0.4) is 0 Å². The lowest BCUT2D eigenvalue weighted by Gasteiger charge is -2.41. The van der Waals surface area contributed by atoms with E-state index in [1.54, 1.807) is 19.1 Å². The molecule has 3 atom stereocenters. The summed E-state index contributed by atoms with van der Waals surface area (Å²) in [6.07, 6.45) is 2.25. The monoisotopic (exact) mass is 264 g/mol. The average Bonchev–Trinajstić information content (AvgIpc) is 2.43. The van der Waals surface area contributed by atoms with E-state index in [-0.39, 0.29) is 5.92 Å². The van der Waals surface area contributed by atoms with E-state index in [0.717, 1.165) is 12.8 Å². The zero-order chi connectivity index (χ0) is 13.9. The summed E-state index contributed by atoms with van der Waals surface area (Å²) in [5, 5.41) is 0. The van der Waals surface area contributed by atoms with Gasteiger partial charge in [0.15, 0.2) is 5.67 Å². The van der Waals surface area contributed by atoms with Crippen molar-refractivity contribution < 1.29 is 13.9 Å². The number of halogens is 1. The molecule has 19 heavy (non-hydrogen) atoms. The zero-order valence-electron chi connectivity index (χ0n) is 11.6. The topological polar surface area (TPSA) is 26.3 Å². The maximum Gasteiger partial charge on any atom is 0.312 e. The number of hydrogen-bond acceptors (Lipinski definition) is 2. The van der Waals surface area contributed by atoms with Gasteiger partial charge in [-0.05, 0) is 31.2 Å². The average molecular weight is 264 g/mol. The summed E-state index contributed by atoms with van der Waals surface area (Å²) in [4.78, 5) is 12.1. The van der Waals surface area contributed by atoms with Crippen LogP contribution in [0.15, 0.2) is 30.3 Å². The van der Waals surface area contributed by atoms with Crippen LogP contribution in [0.1, 0.15) is 38.7 Å². The molecule has 104 valence electrons. The first-order valence-corrected chi connectivity index (χ1v) is 7.01. The summed E-state index contributed by atoms with van der Waals surface area (Å²) in [5.74, 6) is -1.25. The minimum absolute atomic E-state index is 0.168. The minimum atomic E-state index is -1.61. The van der Waals surface area contributed by atoms with Crippen LogP contribution in [0.25, 0.3) is 0 Å². The summed E-state index contributed by atoms with van der Waals surface area (Å²) < 4.78 is 20.7. The van der Waals surface area contributed by atoms with Crippen molar-refractivity contribution in [1.29, 1.82) is 0 Å². The van der Waals surface area contributed by atoms with Gasteiger partial charge in [-0.3, -0.25) is 4.79 Å². The highest BCUT2D eigenvalue weighted by Gasteiger charge is 2.51. The lowest BCUT2D eigenvalue weighted by Crippen LogP contribution is -2.45. The first-order chi connectivity index (χ1) is 9.10. The van der Waals surface area contributed by atoms with Crippen molar-refractivity contribution in [2.75, 3.05) is 6.61 Å². The molecular formula is C16H21FO2. The van der Waals surface area contributed by atoms with Crippen LogP contribution in [-0.2, 0) is 15.2 Å². The molecule has 0 aromatic heterocycles. The molecule has 0 spiro atoms. The zero-order valence-corrected chi connectivity index (χ0v) is 11.6. The van der Waals surface area contributed by atoms with E-state index in [1.165, 1.54) is 0 Å². The van der Waals surface area contributed by atoms with Gasteiger partial charge >= 0.3 is 5.97 Å². The Morgan fingerprint density at radius 1 is 1.37 bits per heavy atom. The van der Waals surface area contributed by atoms with Crippen molar-refractivity contribution in [3.8, 4) is 0 Å². The highest BCUT2D eigenvalue weighted by atomic mass is 19.1. The SMILES string of the molecule is CCOC(=O)[C@H]1CCC[C@H](C)[C@]1(F)c1ccccc1. The van der Waals surface area contributed by atoms with Crippen molar-refractivity contribution >= 4 is 5.97 Å². The Labute approximate surface area is 114 Å². The molecule has 1 aliphatic carbocycles. The number of carbonyl (C=O) groups excluding carboxylic acids is 1. The molecule has 0 saturated heterocycles. The van der Waals surface area contributed by atoms with Gasteiger partial charge in [-0.2, -0.15) is 0 Å². The Hall–Kier alpha value is -1.38. The maximum absolute atomic E-state index is 15.6. The number of alkyl halides is 1. The third-order valence-electron chi connectivity index (χ3n) is 4.14. The molecule has 1 fully saturated rings. The van der Waals surface area contributed by atoms with Crippen LogP contribution in [0.5, 0.6) is 0 Å². The Balaban J connectivity index is 2.38. The van der Waals surface area contributed by atoms with Crippen LogP contribution < -0.4 is 0 Å². The van der Waals surface area contributed by atoms with E-state index in [4.69, 9.17) is 4.74 Å². The Kier molecular flexibility index (Phi) is 4.23. The van der Waals surface area contributed by atoms with E-state index < -0.39 is 17.6 Å². The van der Waals surface area contributed by atoms with Crippen LogP contribution in [-0.4, -0.2) is 12.6 Å². The molecular weight excluding hydrogens is 243 g/mol. The molecule has 0 heterocycles. The standard InChI is InChI=1S/C16H21FO2/c1-3-19-15(18)14-11-7-8-12(2)16(14,17)13-9-5-4-6-10-13/h4-6,9-10,12,14H,3,7-8,11H2,1-2H3/t12-,14+,16-/m0/s1. The smallest absolute Gasteiger partial charge is 0.312 e. The van der Waals surface area contributed by atoms with Gasteiger partial charge in [0.25, 0.3) is 0 Å². The van der Waals surface area contributed by atoms with Gasteiger partial charge in [-0.1, -0.05) is 43.7 Å². The first kappa shape index (κ1) is 14.0. The Morgan fingerprint density at radius 3 is 2.68 bits per heavy atom. The molecule has 1 aromatic rings. The summed E-state index contributed by atoms with van der Waals surface area (Å²) in [5.41, 5.74) is -1.01. The maximum atomic E-state index is 15.6. The molecule has 2 rings (SSSR count). The van der Waals surface area contributed by atoms with E-state index in [0.29, 0.717) is 18.6 Å². The molecule has 0 radical (unpaired) electrons. The van der Waals surface area contributed by atoms with Crippen molar-refractivity contribution in [2.45, 2.75) is 38.8 Å². The lowest BCUT2D eigenvalue weighted by atomic mass is 9.67. The molecule has 2 nitrogen and oxygen atoms in total. The predicted molar refractivity (Wildman–Crippen MR) is 72.4 cm³/mol. The van der Waals surface area contributed by atoms with Gasteiger partial charge in [0.05, 0.1) is 12.5 Å². The van der Waals surface area contributed by atoms with Gasteiger partial charge < -0.3 is 4.74 Å². The number of hydrogen-bond donors (Lipinski definition) is 0. The van der Waals surface area contributed by atoms with Crippen LogP contribution in [0.4, 0.5) is 4.39 Å². The first-order valence-electron chi connectivity index (χ1n) is 7.01. The fraction of sp³-hybridized carbons (Fsp3) is 0.562. The largest absolute Gasteiger partial charge is 0.466 e. The van der Waals surface area contributed by atoms with Gasteiger partial charge in [-0.15, -0.1) is 0 Å². The fourth-order valence-electron chi connectivity index (χ4n) is 3.10. The molecule has 3 heteroatoms. The predicted octanol–water partition coefficient (Wildman–Crippen LogP) is 3.85. The van der Waals surface area contributed by atoms with Gasteiger partial charge in [-0.25, -0.2) is 4.39 Å². The normalized spacial score (nSPS) is 30.9. The summed E-state index contributed by atoms with van der Waals surface area (Å²) in [6.45, 7) is 3.94. The van der Waals surface area contributed by atoms with E-state index >= 15 is 4.39 Å². The van der Waals surface area contributed by atoms with Crippen LogP contribution in [0.2, 0.25) is 0 Å². The lowest BCUT2D eigenvalue weighted by molar-refractivity contribution is -0.160. The second-order valence-electron chi connectivity index (χ2n) is 5.27. The quantitative estimate of drug-likeness (QED) is 0.775. The van der Waals surface area contributed by atoms with Gasteiger partial charge in [0.2, 0.25) is 0 Å². The molecule has 1 saturated carbocycles. The summed E-state index contributed by atoms with van der Waals surface area (Å²) in [6, 6.07) is 9.04.